The molecular formula is C18H14N2O2S. The highest BCUT2D eigenvalue weighted by Crippen LogP contribution is 2.26. The van der Waals surface area contributed by atoms with E-state index in [0.29, 0.717) is 15.8 Å². The molecule has 3 rings (SSSR count). The number of hydrogen-bond acceptors (Lipinski definition) is 4. The van der Waals surface area contributed by atoms with E-state index in [2.05, 4.69) is 10.3 Å². The molecule has 0 radical (unpaired) electrons. The maximum Gasteiger partial charge on any atom is 0.264 e. The van der Waals surface area contributed by atoms with Crippen LogP contribution in [0.4, 0.5) is 5.69 Å². The van der Waals surface area contributed by atoms with Gasteiger partial charge in [0.1, 0.15) is 5.75 Å². The summed E-state index contributed by atoms with van der Waals surface area (Å²) in [6.45, 7) is 0. The van der Waals surface area contributed by atoms with Crippen LogP contribution in [0, 0.1) is 0 Å². The summed E-state index contributed by atoms with van der Waals surface area (Å²) in [6, 6.07) is 16.4. The van der Waals surface area contributed by atoms with Crippen LogP contribution in [-0.4, -0.2) is 16.2 Å². The van der Waals surface area contributed by atoms with Crippen LogP contribution >= 0.6 is 11.8 Å². The van der Waals surface area contributed by atoms with Crippen molar-refractivity contribution in [2.45, 2.75) is 0 Å². The lowest BCUT2D eigenvalue weighted by molar-refractivity contribution is -0.115. The van der Waals surface area contributed by atoms with Gasteiger partial charge in [-0.25, -0.2) is 4.99 Å². The highest BCUT2D eigenvalue weighted by molar-refractivity contribution is 8.18. The molecular weight excluding hydrogens is 308 g/mol. The van der Waals surface area contributed by atoms with Gasteiger partial charge >= 0.3 is 0 Å². The molecule has 1 heterocycles. The van der Waals surface area contributed by atoms with E-state index in [0.717, 1.165) is 5.56 Å². The molecule has 2 aromatic carbocycles. The highest BCUT2D eigenvalue weighted by atomic mass is 32.2. The Balaban J connectivity index is 1.71. The minimum Gasteiger partial charge on any atom is -0.508 e. The molecule has 2 N–H and O–H groups in total. The summed E-state index contributed by atoms with van der Waals surface area (Å²) in [4.78, 5) is 16.8. The summed E-state index contributed by atoms with van der Waals surface area (Å²) in [5, 5.41) is 12.5. The predicted octanol–water partition coefficient (Wildman–Crippen LogP) is 3.84. The number of phenolic OH excluding ortho intramolecular Hbond substituents is 1. The standard InChI is InChI=1S/C18H14N2O2S/c21-15-11-9-14(10-12-15)19-18-20-17(22)16(23-18)8-4-7-13-5-2-1-3-6-13/h1-12,21H,(H,19,20,22)/b7-4+,16-8+. The summed E-state index contributed by atoms with van der Waals surface area (Å²) < 4.78 is 0. The van der Waals surface area contributed by atoms with Gasteiger partial charge in [0.25, 0.3) is 5.91 Å². The number of rotatable bonds is 3. The number of nitrogens with one attached hydrogen (secondary N) is 1. The fourth-order valence-electron chi connectivity index (χ4n) is 1.95. The molecule has 1 aliphatic rings. The first kappa shape index (κ1) is 15.1. The molecule has 0 aromatic heterocycles. The third kappa shape index (κ3) is 4.11. The molecule has 1 aliphatic heterocycles. The van der Waals surface area contributed by atoms with Crippen molar-refractivity contribution in [3.63, 3.8) is 0 Å². The molecule has 0 saturated carbocycles. The van der Waals surface area contributed by atoms with Crippen molar-refractivity contribution >= 4 is 34.6 Å². The van der Waals surface area contributed by atoms with E-state index < -0.39 is 0 Å². The molecule has 1 fully saturated rings. The summed E-state index contributed by atoms with van der Waals surface area (Å²) in [6.07, 6.45) is 5.56. The zero-order valence-corrected chi connectivity index (χ0v) is 13.0. The number of thioether (sulfide) groups is 1. The van der Waals surface area contributed by atoms with E-state index in [1.807, 2.05) is 42.5 Å². The van der Waals surface area contributed by atoms with Crippen molar-refractivity contribution in [1.82, 2.24) is 5.32 Å². The number of nitrogens with zero attached hydrogens (tertiary/aromatic N) is 1. The summed E-state index contributed by atoms with van der Waals surface area (Å²) in [7, 11) is 0. The SMILES string of the molecule is O=C1NC(=Nc2ccc(O)cc2)S/C1=C/C=C/c1ccccc1. The van der Waals surface area contributed by atoms with Gasteiger partial charge in [-0.05, 0) is 47.7 Å². The van der Waals surface area contributed by atoms with E-state index in [1.54, 1.807) is 30.3 Å². The maximum atomic E-state index is 11.9. The number of carbonyl (C=O) groups is 1. The number of aromatic hydroxyl groups is 1. The molecule has 0 bridgehead atoms. The van der Waals surface area contributed by atoms with Crippen molar-refractivity contribution in [2.24, 2.45) is 4.99 Å². The second kappa shape index (κ2) is 6.98. The van der Waals surface area contributed by atoms with Gasteiger partial charge in [-0.15, -0.1) is 0 Å². The Morgan fingerprint density at radius 2 is 1.78 bits per heavy atom. The van der Waals surface area contributed by atoms with E-state index in [-0.39, 0.29) is 11.7 Å². The fraction of sp³-hybridized carbons (Fsp3) is 0. The summed E-state index contributed by atoms with van der Waals surface area (Å²) in [5.74, 6) is 0.0222. The largest absolute Gasteiger partial charge is 0.508 e. The zero-order chi connectivity index (χ0) is 16.1. The average molecular weight is 322 g/mol. The first-order valence-electron chi connectivity index (χ1n) is 7.01. The fourth-order valence-corrected chi connectivity index (χ4v) is 2.74. The quantitative estimate of drug-likeness (QED) is 0.844. The number of allylic oxidation sites excluding steroid dienone is 2. The third-order valence-corrected chi connectivity index (χ3v) is 4.00. The second-order valence-electron chi connectivity index (χ2n) is 4.79. The van der Waals surface area contributed by atoms with Crippen LogP contribution in [0.2, 0.25) is 0 Å². The Morgan fingerprint density at radius 1 is 1.04 bits per heavy atom. The lowest BCUT2D eigenvalue weighted by Gasteiger charge is -1.96. The van der Waals surface area contributed by atoms with Crippen LogP contribution in [0.15, 0.2) is 76.6 Å². The monoisotopic (exact) mass is 322 g/mol. The van der Waals surface area contributed by atoms with Gasteiger partial charge in [0, 0.05) is 0 Å². The van der Waals surface area contributed by atoms with Gasteiger partial charge in [-0.2, -0.15) is 0 Å². The Bertz CT molecular complexity index is 794. The zero-order valence-electron chi connectivity index (χ0n) is 12.1. The number of amidine groups is 1. The van der Waals surface area contributed by atoms with Crippen LogP contribution in [0.1, 0.15) is 5.56 Å². The molecule has 0 atom stereocenters. The van der Waals surface area contributed by atoms with Crippen LogP contribution < -0.4 is 5.32 Å². The van der Waals surface area contributed by atoms with Crippen molar-refractivity contribution < 1.29 is 9.90 Å². The Hall–Kier alpha value is -2.79. The molecule has 4 nitrogen and oxygen atoms in total. The van der Waals surface area contributed by atoms with Crippen molar-refractivity contribution in [3.05, 3.63) is 77.2 Å². The van der Waals surface area contributed by atoms with Gasteiger partial charge < -0.3 is 10.4 Å². The maximum absolute atomic E-state index is 11.9. The van der Waals surface area contributed by atoms with Gasteiger partial charge in [0.2, 0.25) is 0 Å². The number of hydrogen-bond donors (Lipinski definition) is 2. The minimum absolute atomic E-state index is 0.162. The van der Waals surface area contributed by atoms with Crippen LogP contribution in [0.5, 0.6) is 5.75 Å². The summed E-state index contributed by atoms with van der Waals surface area (Å²) in [5.41, 5.74) is 1.75. The number of benzene rings is 2. The average Bonchev–Trinajstić information content (AvgIpc) is 2.90. The second-order valence-corrected chi connectivity index (χ2v) is 5.82. The molecule has 1 saturated heterocycles. The van der Waals surface area contributed by atoms with Crippen LogP contribution in [0.3, 0.4) is 0 Å². The number of carbonyl (C=O) groups excluding carboxylic acids is 1. The van der Waals surface area contributed by atoms with Gasteiger partial charge in [-0.3, -0.25) is 4.79 Å². The molecule has 1 amide bonds. The molecule has 114 valence electrons. The predicted molar refractivity (Wildman–Crippen MR) is 94.5 cm³/mol. The van der Waals surface area contributed by atoms with E-state index in [4.69, 9.17) is 0 Å². The van der Waals surface area contributed by atoms with E-state index in [9.17, 15) is 9.90 Å². The van der Waals surface area contributed by atoms with Crippen LogP contribution in [-0.2, 0) is 4.79 Å². The molecule has 5 heteroatoms. The lowest BCUT2D eigenvalue weighted by atomic mass is 10.2. The Kier molecular flexibility index (Phi) is 4.59. The first-order chi connectivity index (χ1) is 11.2. The minimum atomic E-state index is -0.162. The van der Waals surface area contributed by atoms with Gasteiger partial charge in [-0.1, -0.05) is 42.5 Å². The van der Waals surface area contributed by atoms with E-state index >= 15 is 0 Å². The Morgan fingerprint density at radius 3 is 2.52 bits per heavy atom. The molecule has 0 spiro atoms. The molecule has 0 unspecified atom stereocenters. The number of phenols is 1. The smallest absolute Gasteiger partial charge is 0.264 e. The molecule has 2 aromatic rings. The van der Waals surface area contributed by atoms with Crippen molar-refractivity contribution in [1.29, 1.82) is 0 Å². The van der Waals surface area contributed by atoms with Gasteiger partial charge in [0.05, 0.1) is 10.6 Å². The summed E-state index contributed by atoms with van der Waals surface area (Å²) >= 11 is 1.29. The highest BCUT2D eigenvalue weighted by Gasteiger charge is 2.22. The molecule has 23 heavy (non-hydrogen) atoms. The Labute approximate surface area is 138 Å². The number of amides is 1. The van der Waals surface area contributed by atoms with Gasteiger partial charge in [0.15, 0.2) is 5.17 Å². The van der Waals surface area contributed by atoms with E-state index in [1.165, 1.54) is 11.8 Å². The van der Waals surface area contributed by atoms with Crippen LogP contribution in [0.25, 0.3) is 6.08 Å². The third-order valence-electron chi connectivity index (χ3n) is 3.07. The van der Waals surface area contributed by atoms with Crippen molar-refractivity contribution in [3.8, 4) is 5.75 Å². The number of aliphatic imine (C=N–C) groups is 1. The van der Waals surface area contributed by atoms with Crippen molar-refractivity contribution in [2.75, 3.05) is 0 Å². The first-order valence-corrected chi connectivity index (χ1v) is 7.83. The lowest BCUT2D eigenvalue weighted by Crippen LogP contribution is -2.19. The molecule has 0 aliphatic carbocycles. The topological polar surface area (TPSA) is 61.7 Å². The normalized spacial score (nSPS) is 18.0.